The Balaban J connectivity index is 2.58. The molecule has 0 fully saturated rings. The molecule has 0 aromatic carbocycles. The summed E-state index contributed by atoms with van der Waals surface area (Å²) in [5, 5.41) is 20.3. The highest BCUT2D eigenvalue weighted by Crippen LogP contribution is 2.03. The van der Waals surface area contributed by atoms with E-state index in [0.29, 0.717) is 5.95 Å². The minimum absolute atomic E-state index is 0.147. The van der Waals surface area contributed by atoms with Crippen molar-refractivity contribution in [3.63, 3.8) is 0 Å². The summed E-state index contributed by atoms with van der Waals surface area (Å²) in [6, 6.07) is -0.403. The van der Waals surface area contributed by atoms with Gasteiger partial charge in [-0.25, -0.2) is 9.97 Å². The van der Waals surface area contributed by atoms with Gasteiger partial charge in [-0.1, -0.05) is 0 Å². The van der Waals surface area contributed by atoms with Crippen molar-refractivity contribution >= 4 is 28.5 Å². The highest BCUT2D eigenvalue weighted by molar-refractivity contribution is 14.1. The number of rotatable bonds is 4. The molecule has 5 nitrogen and oxygen atoms in total. The van der Waals surface area contributed by atoms with Crippen molar-refractivity contribution in [3.05, 3.63) is 16.0 Å². The molecule has 0 aliphatic carbocycles. The summed E-state index contributed by atoms with van der Waals surface area (Å²) in [6.07, 6.45) is 3.31. The van der Waals surface area contributed by atoms with E-state index in [1.54, 1.807) is 12.4 Å². The van der Waals surface area contributed by atoms with Crippen LogP contribution in [0.3, 0.4) is 0 Å². The maximum absolute atomic E-state index is 8.76. The SMILES string of the molecule is OCC(CO)Nc1ncc(I)cn1. The molecule has 13 heavy (non-hydrogen) atoms. The molecule has 6 heteroatoms. The number of nitrogens with zero attached hydrogens (tertiary/aromatic N) is 2. The van der Waals surface area contributed by atoms with Crippen molar-refractivity contribution in [2.45, 2.75) is 6.04 Å². The van der Waals surface area contributed by atoms with Gasteiger partial charge in [0.25, 0.3) is 0 Å². The summed E-state index contributed by atoms with van der Waals surface area (Å²) in [5.41, 5.74) is 0. The van der Waals surface area contributed by atoms with Gasteiger partial charge < -0.3 is 15.5 Å². The third-order valence-corrected chi connectivity index (χ3v) is 1.95. The molecule has 72 valence electrons. The van der Waals surface area contributed by atoms with Crippen LogP contribution < -0.4 is 5.32 Å². The molecule has 0 radical (unpaired) electrons. The van der Waals surface area contributed by atoms with Crippen LogP contribution in [0.4, 0.5) is 5.95 Å². The molecule has 0 aliphatic rings. The normalized spacial score (nSPS) is 10.5. The van der Waals surface area contributed by atoms with E-state index in [-0.39, 0.29) is 13.2 Å². The van der Waals surface area contributed by atoms with Gasteiger partial charge in [0.05, 0.1) is 19.3 Å². The minimum Gasteiger partial charge on any atom is -0.394 e. The first kappa shape index (κ1) is 10.6. The van der Waals surface area contributed by atoms with Crippen LogP contribution in [0, 0.1) is 3.57 Å². The van der Waals surface area contributed by atoms with Gasteiger partial charge in [-0.05, 0) is 22.6 Å². The van der Waals surface area contributed by atoms with Crippen LogP contribution in [0.2, 0.25) is 0 Å². The predicted octanol–water partition coefficient (Wildman–Crippen LogP) is -0.154. The summed E-state index contributed by atoms with van der Waals surface area (Å²) in [7, 11) is 0. The van der Waals surface area contributed by atoms with E-state index in [1.165, 1.54) is 0 Å². The number of anilines is 1. The molecule has 0 bridgehead atoms. The van der Waals surface area contributed by atoms with Crippen molar-refractivity contribution < 1.29 is 10.2 Å². The Labute approximate surface area is 89.4 Å². The number of nitrogens with one attached hydrogen (secondary N) is 1. The molecule has 3 N–H and O–H groups in total. The summed E-state index contributed by atoms with van der Waals surface area (Å²) >= 11 is 2.10. The summed E-state index contributed by atoms with van der Waals surface area (Å²) in [5.74, 6) is 0.411. The number of aliphatic hydroxyl groups excluding tert-OH is 2. The molecule has 1 aromatic heterocycles. The van der Waals surface area contributed by atoms with Gasteiger partial charge in [-0.2, -0.15) is 0 Å². The van der Waals surface area contributed by atoms with Crippen molar-refractivity contribution in [1.29, 1.82) is 0 Å². The number of aromatic nitrogens is 2. The fraction of sp³-hybridized carbons (Fsp3) is 0.429. The summed E-state index contributed by atoms with van der Waals surface area (Å²) in [4.78, 5) is 7.92. The van der Waals surface area contributed by atoms with Crippen molar-refractivity contribution in [2.24, 2.45) is 0 Å². The predicted molar refractivity (Wildman–Crippen MR) is 56.3 cm³/mol. The van der Waals surface area contributed by atoms with E-state index in [9.17, 15) is 0 Å². The average molecular weight is 295 g/mol. The molecule has 0 amide bonds. The minimum atomic E-state index is -0.403. The topological polar surface area (TPSA) is 78.3 Å². The van der Waals surface area contributed by atoms with Gasteiger partial charge in [-0.15, -0.1) is 0 Å². The quantitative estimate of drug-likeness (QED) is 0.673. The third-order valence-electron chi connectivity index (χ3n) is 1.39. The Bertz CT molecular complexity index is 250. The molecule has 1 aromatic rings. The van der Waals surface area contributed by atoms with Gasteiger partial charge in [0.2, 0.25) is 5.95 Å². The number of aliphatic hydroxyl groups is 2. The van der Waals surface area contributed by atoms with Crippen molar-refractivity contribution in [2.75, 3.05) is 18.5 Å². The zero-order chi connectivity index (χ0) is 9.68. The molecule has 0 aliphatic heterocycles. The molecule has 0 unspecified atom stereocenters. The number of halogens is 1. The van der Waals surface area contributed by atoms with E-state index in [0.717, 1.165) is 3.57 Å². The Kier molecular flexibility index (Phi) is 4.33. The fourth-order valence-electron chi connectivity index (χ4n) is 0.718. The lowest BCUT2D eigenvalue weighted by atomic mass is 10.3. The van der Waals surface area contributed by atoms with Gasteiger partial charge in [0, 0.05) is 16.0 Å². The first-order chi connectivity index (χ1) is 6.26. The summed E-state index contributed by atoms with van der Waals surface area (Å²) < 4.78 is 0.938. The number of hydrogen-bond donors (Lipinski definition) is 3. The first-order valence-electron chi connectivity index (χ1n) is 3.72. The van der Waals surface area contributed by atoms with E-state index in [4.69, 9.17) is 10.2 Å². The highest BCUT2D eigenvalue weighted by atomic mass is 127. The van der Waals surface area contributed by atoms with E-state index < -0.39 is 6.04 Å². The molecular formula is C7H10IN3O2. The van der Waals surface area contributed by atoms with Crippen LogP contribution in [0.1, 0.15) is 0 Å². The zero-order valence-corrected chi connectivity index (χ0v) is 8.97. The molecule has 0 atom stereocenters. The summed E-state index contributed by atoms with van der Waals surface area (Å²) in [6.45, 7) is -0.294. The first-order valence-corrected chi connectivity index (χ1v) is 4.80. The maximum atomic E-state index is 8.76. The second kappa shape index (κ2) is 5.30. The number of hydrogen-bond acceptors (Lipinski definition) is 5. The lowest BCUT2D eigenvalue weighted by Crippen LogP contribution is -2.28. The van der Waals surface area contributed by atoms with Gasteiger partial charge in [0.1, 0.15) is 0 Å². The van der Waals surface area contributed by atoms with Crippen molar-refractivity contribution in [3.8, 4) is 0 Å². The third kappa shape index (κ3) is 3.41. The van der Waals surface area contributed by atoms with E-state index in [2.05, 4.69) is 37.9 Å². The van der Waals surface area contributed by atoms with Crippen LogP contribution >= 0.6 is 22.6 Å². The average Bonchev–Trinajstić information content (AvgIpc) is 2.17. The largest absolute Gasteiger partial charge is 0.394 e. The molecule has 1 heterocycles. The van der Waals surface area contributed by atoms with Crippen LogP contribution in [0.5, 0.6) is 0 Å². The molecule has 0 spiro atoms. The Morgan fingerprint density at radius 3 is 2.31 bits per heavy atom. The molecule has 1 rings (SSSR count). The van der Waals surface area contributed by atoms with Crippen molar-refractivity contribution in [1.82, 2.24) is 9.97 Å². The zero-order valence-electron chi connectivity index (χ0n) is 6.81. The van der Waals surface area contributed by atoms with Crippen LogP contribution in [-0.2, 0) is 0 Å². The van der Waals surface area contributed by atoms with E-state index >= 15 is 0 Å². The van der Waals surface area contributed by atoms with Crippen LogP contribution in [-0.4, -0.2) is 39.4 Å². The molecule has 0 saturated heterocycles. The van der Waals surface area contributed by atoms with Crippen LogP contribution in [0.15, 0.2) is 12.4 Å². The Hall–Kier alpha value is -0.470. The molecular weight excluding hydrogens is 285 g/mol. The van der Waals surface area contributed by atoms with Crippen LogP contribution in [0.25, 0.3) is 0 Å². The van der Waals surface area contributed by atoms with Gasteiger partial charge in [0.15, 0.2) is 0 Å². The highest BCUT2D eigenvalue weighted by Gasteiger charge is 2.06. The molecule has 0 saturated carbocycles. The lowest BCUT2D eigenvalue weighted by Gasteiger charge is -2.12. The van der Waals surface area contributed by atoms with Gasteiger partial charge >= 0.3 is 0 Å². The second-order valence-corrected chi connectivity index (χ2v) is 3.68. The van der Waals surface area contributed by atoms with Gasteiger partial charge in [-0.3, -0.25) is 0 Å². The Morgan fingerprint density at radius 2 is 1.85 bits per heavy atom. The Morgan fingerprint density at radius 1 is 1.31 bits per heavy atom. The smallest absolute Gasteiger partial charge is 0.223 e. The standard InChI is InChI=1S/C7H10IN3O2/c8-5-1-9-7(10-2-5)11-6(3-12)4-13/h1-2,6,12-13H,3-4H2,(H,9,10,11). The van der Waals surface area contributed by atoms with E-state index in [1.807, 2.05) is 0 Å². The second-order valence-electron chi connectivity index (χ2n) is 2.43. The fourth-order valence-corrected chi connectivity index (χ4v) is 0.997. The lowest BCUT2D eigenvalue weighted by molar-refractivity contribution is 0.203. The monoisotopic (exact) mass is 295 g/mol. The maximum Gasteiger partial charge on any atom is 0.223 e.